The van der Waals surface area contributed by atoms with Crippen molar-refractivity contribution in [3.8, 4) is 11.3 Å². The van der Waals surface area contributed by atoms with Crippen LogP contribution in [0.1, 0.15) is 38.1 Å². The van der Waals surface area contributed by atoms with Gasteiger partial charge in [-0.2, -0.15) is 0 Å². The smallest absolute Gasteiger partial charge is 0.305 e. The third-order valence-corrected chi connectivity index (χ3v) is 6.31. The quantitative estimate of drug-likeness (QED) is 0.310. The fraction of sp³-hybridized carbons (Fsp3) is 0.333. The van der Waals surface area contributed by atoms with E-state index in [9.17, 15) is 24.0 Å². The number of nitrogens with zero attached hydrogens (tertiary/aromatic N) is 1. The molecule has 12 heteroatoms. The molecule has 4 rings (SSSR count). The Balaban J connectivity index is 1.78. The largest absolute Gasteiger partial charge is 0.463 e. The maximum Gasteiger partial charge on any atom is 0.305 e. The van der Waals surface area contributed by atoms with Crippen LogP contribution in [0.25, 0.3) is 22.2 Å². The van der Waals surface area contributed by atoms with Crippen molar-refractivity contribution in [1.29, 1.82) is 0 Å². The van der Waals surface area contributed by atoms with Crippen molar-refractivity contribution in [2.45, 2.75) is 58.3 Å². The number of fused-ring (bicyclic) bond motifs is 1. The molecule has 0 bridgehead atoms. The second kappa shape index (κ2) is 13.2. The van der Waals surface area contributed by atoms with Gasteiger partial charge < -0.3 is 29.0 Å². The van der Waals surface area contributed by atoms with Gasteiger partial charge in [0.25, 0.3) is 5.91 Å². The van der Waals surface area contributed by atoms with E-state index in [-0.39, 0.29) is 5.56 Å². The summed E-state index contributed by atoms with van der Waals surface area (Å²) in [6, 6.07) is 16.6. The highest BCUT2D eigenvalue weighted by Crippen LogP contribution is 2.30. The van der Waals surface area contributed by atoms with Crippen molar-refractivity contribution in [3.05, 3.63) is 66.2 Å². The Hall–Kier alpha value is -4.84. The van der Waals surface area contributed by atoms with Gasteiger partial charge in [0.2, 0.25) is 6.29 Å². The average molecular weight is 579 g/mol. The van der Waals surface area contributed by atoms with Gasteiger partial charge in [-0.25, -0.2) is 4.98 Å². The van der Waals surface area contributed by atoms with E-state index in [0.717, 1.165) is 26.3 Å². The van der Waals surface area contributed by atoms with Crippen LogP contribution in [0.4, 0.5) is 0 Å². The molecule has 1 N–H and O–H groups in total. The Morgan fingerprint density at radius 3 is 2.05 bits per heavy atom. The fourth-order valence-electron chi connectivity index (χ4n) is 4.67. The number of para-hydroxylation sites is 1. The molecule has 0 spiro atoms. The number of benzene rings is 2. The molecule has 2 aromatic carbocycles. The predicted octanol–water partition coefficient (Wildman–Crippen LogP) is 2.71. The van der Waals surface area contributed by atoms with E-state index in [1.807, 2.05) is 30.3 Å². The van der Waals surface area contributed by atoms with Gasteiger partial charge in [0.1, 0.15) is 18.8 Å². The molecule has 0 aliphatic carbocycles. The van der Waals surface area contributed by atoms with E-state index in [1.54, 1.807) is 30.3 Å². The molecular formula is C30H30N2O10. The highest BCUT2D eigenvalue weighted by Gasteiger charge is 2.52. The number of hydrogen-bond acceptors (Lipinski definition) is 11. The van der Waals surface area contributed by atoms with Gasteiger partial charge in [-0.1, -0.05) is 48.5 Å². The van der Waals surface area contributed by atoms with Crippen LogP contribution in [-0.2, 0) is 42.9 Å². The molecule has 1 aromatic heterocycles. The third kappa shape index (κ3) is 7.26. The highest BCUT2D eigenvalue weighted by molar-refractivity contribution is 6.07. The van der Waals surface area contributed by atoms with E-state index in [4.69, 9.17) is 28.7 Å². The number of esters is 4. The lowest BCUT2D eigenvalue weighted by molar-refractivity contribution is -0.270. The number of rotatable bonds is 8. The molecule has 1 fully saturated rings. The van der Waals surface area contributed by atoms with Crippen molar-refractivity contribution in [1.82, 2.24) is 10.3 Å². The summed E-state index contributed by atoms with van der Waals surface area (Å²) in [6.45, 7) is 4.14. The number of nitrogens with one attached hydrogen (secondary N) is 1. The molecule has 42 heavy (non-hydrogen) atoms. The minimum atomic E-state index is -1.51. The van der Waals surface area contributed by atoms with Crippen LogP contribution in [0.2, 0.25) is 0 Å². The molecule has 1 aliphatic heterocycles. The fourth-order valence-corrected chi connectivity index (χ4v) is 4.67. The number of amides is 1. The predicted molar refractivity (Wildman–Crippen MR) is 147 cm³/mol. The van der Waals surface area contributed by atoms with E-state index in [2.05, 4.69) is 5.32 Å². The van der Waals surface area contributed by atoms with Gasteiger partial charge in [-0.05, 0) is 12.1 Å². The Labute approximate surface area is 241 Å². The minimum Gasteiger partial charge on any atom is -0.463 e. The van der Waals surface area contributed by atoms with Crippen molar-refractivity contribution in [3.63, 3.8) is 0 Å². The van der Waals surface area contributed by atoms with Crippen molar-refractivity contribution >= 4 is 40.7 Å². The second-order valence-electron chi connectivity index (χ2n) is 9.54. The zero-order valence-corrected chi connectivity index (χ0v) is 23.4. The van der Waals surface area contributed by atoms with E-state index in [0.29, 0.717) is 16.6 Å². The van der Waals surface area contributed by atoms with Crippen LogP contribution < -0.4 is 5.32 Å². The molecule has 1 aliphatic rings. The van der Waals surface area contributed by atoms with Crippen LogP contribution in [0.15, 0.2) is 60.7 Å². The summed E-state index contributed by atoms with van der Waals surface area (Å²) >= 11 is 0. The van der Waals surface area contributed by atoms with Gasteiger partial charge in [0.15, 0.2) is 12.2 Å². The Bertz CT molecular complexity index is 1490. The lowest BCUT2D eigenvalue weighted by atomic mass is 9.95. The molecule has 0 saturated carbocycles. The number of pyridine rings is 1. The monoisotopic (exact) mass is 578 g/mol. The first-order chi connectivity index (χ1) is 20.0. The Morgan fingerprint density at radius 2 is 1.40 bits per heavy atom. The molecular weight excluding hydrogens is 548 g/mol. The first-order valence-corrected chi connectivity index (χ1v) is 13.1. The molecule has 2 heterocycles. The molecule has 12 nitrogen and oxygen atoms in total. The summed E-state index contributed by atoms with van der Waals surface area (Å²) in [7, 11) is 0. The SMILES string of the molecule is CC(=O)OC[C@H]1O[C@@H](OC(C)=O)[C@@H](NC(=O)c2cc(-c3ccccc3)nc3ccccc23)[C@@H](OC(C)=O)[C@H]1OC(C)=O. The van der Waals surface area contributed by atoms with Crippen LogP contribution in [0.3, 0.4) is 0 Å². The normalized spacial score (nSPS) is 21.6. The molecule has 1 amide bonds. The van der Waals surface area contributed by atoms with Gasteiger partial charge in [0, 0.05) is 38.6 Å². The summed E-state index contributed by atoms with van der Waals surface area (Å²) in [5.41, 5.74) is 2.09. The van der Waals surface area contributed by atoms with Gasteiger partial charge in [-0.15, -0.1) is 0 Å². The van der Waals surface area contributed by atoms with Gasteiger partial charge in [0.05, 0.1) is 16.8 Å². The minimum absolute atomic E-state index is 0.230. The summed E-state index contributed by atoms with van der Waals surface area (Å²) in [5.74, 6) is -3.57. The van der Waals surface area contributed by atoms with Gasteiger partial charge >= 0.3 is 23.9 Å². The molecule has 220 valence electrons. The van der Waals surface area contributed by atoms with Crippen molar-refractivity contribution in [2.75, 3.05) is 6.61 Å². The van der Waals surface area contributed by atoms with Crippen molar-refractivity contribution < 1.29 is 47.7 Å². The number of hydrogen-bond donors (Lipinski definition) is 1. The summed E-state index contributed by atoms with van der Waals surface area (Å²) < 4.78 is 27.3. The summed E-state index contributed by atoms with van der Waals surface area (Å²) in [5, 5.41) is 3.29. The lowest BCUT2D eigenvalue weighted by Crippen LogP contribution is -2.67. The molecule has 0 radical (unpaired) electrons. The molecule has 3 aromatic rings. The van der Waals surface area contributed by atoms with Crippen LogP contribution >= 0.6 is 0 Å². The maximum absolute atomic E-state index is 13.9. The summed E-state index contributed by atoms with van der Waals surface area (Å²) in [6.07, 6.45) is -5.44. The first-order valence-electron chi connectivity index (χ1n) is 13.1. The Kier molecular flexibility index (Phi) is 9.48. The second-order valence-corrected chi connectivity index (χ2v) is 9.54. The van der Waals surface area contributed by atoms with Crippen LogP contribution in [0, 0.1) is 0 Å². The Morgan fingerprint density at radius 1 is 0.786 bits per heavy atom. The number of ether oxygens (including phenoxy) is 5. The van der Waals surface area contributed by atoms with Crippen LogP contribution in [0.5, 0.6) is 0 Å². The lowest BCUT2D eigenvalue weighted by Gasteiger charge is -2.44. The molecule has 1 saturated heterocycles. The van der Waals surface area contributed by atoms with E-state index >= 15 is 0 Å². The zero-order valence-electron chi connectivity index (χ0n) is 23.4. The van der Waals surface area contributed by atoms with Gasteiger partial charge in [-0.3, -0.25) is 24.0 Å². The number of aromatic nitrogens is 1. The zero-order chi connectivity index (χ0) is 30.4. The third-order valence-electron chi connectivity index (χ3n) is 6.31. The first kappa shape index (κ1) is 30.1. The van der Waals surface area contributed by atoms with Crippen LogP contribution in [-0.4, -0.2) is 72.0 Å². The average Bonchev–Trinajstić information content (AvgIpc) is 2.94. The summed E-state index contributed by atoms with van der Waals surface area (Å²) in [4.78, 5) is 66.5. The number of carbonyl (C=O) groups excluding carboxylic acids is 5. The molecule has 0 unspecified atom stereocenters. The van der Waals surface area contributed by atoms with E-state index in [1.165, 1.54) is 6.92 Å². The van der Waals surface area contributed by atoms with E-state index < -0.39 is 67.0 Å². The number of carbonyl (C=O) groups is 5. The molecule has 5 atom stereocenters. The van der Waals surface area contributed by atoms with Crippen molar-refractivity contribution in [2.24, 2.45) is 0 Å². The standard InChI is InChI=1S/C30H30N2O10/c1-16(33)38-15-25-27(39-17(2)34)28(40-18(3)35)26(30(42-25)41-19(4)36)32-29(37)22-14-24(20-10-6-5-7-11-20)31-23-13-9-8-12-21(22)23/h5-14,25-28,30H,15H2,1-4H3,(H,32,37)/t25-,26+,27+,28-,30-/m1/s1. The topological polar surface area (TPSA) is 156 Å². The highest BCUT2D eigenvalue weighted by atomic mass is 16.7. The maximum atomic E-state index is 13.9.